The first kappa shape index (κ1) is 21.7. The van der Waals surface area contributed by atoms with Gasteiger partial charge in [0, 0.05) is 16.8 Å². The smallest absolute Gasteiger partial charge is 0.416 e. The standard InChI is InChI=1S/C22H24F3N3O2/c1-12-9-20(16(5)30-12)13(2)26-21(29)11-19-14(3)27-28(15(19)4)18-8-6-7-17(10-18)22(23,24)25/h6-10,13H,11H2,1-5H3,(H,26,29). The van der Waals surface area contributed by atoms with Crippen LogP contribution >= 0.6 is 0 Å². The van der Waals surface area contributed by atoms with Crippen molar-refractivity contribution in [1.82, 2.24) is 15.1 Å². The van der Waals surface area contributed by atoms with Crippen LogP contribution in [0.15, 0.2) is 34.7 Å². The van der Waals surface area contributed by atoms with Gasteiger partial charge in [-0.2, -0.15) is 18.3 Å². The molecule has 0 spiro atoms. The van der Waals surface area contributed by atoms with Crippen LogP contribution in [0.1, 0.15) is 52.6 Å². The number of aryl methyl sites for hydroxylation is 3. The summed E-state index contributed by atoms with van der Waals surface area (Å²) in [6.07, 6.45) is -4.36. The highest BCUT2D eigenvalue weighted by molar-refractivity contribution is 5.79. The first-order chi connectivity index (χ1) is 14.0. The van der Waals surface area contributed by atoms with E-state index in [9.17, 15) is 18.0 Å². The Morgan fingerprint density at radius 1 is 1.20 bits per heavy atom. The quantitative estimate of drug-likeness (QED) is 0.623. The molecule has 3 aromatic rings. The molecule has 2 aromatic heterocycles. The summed E-state index contributed by atoms with van der Waals surface area (Å²) in [4.78, 5) is 12.6. The average Bonchev–Trinajstić information content (AvgIpc) is 3.14. The van der Waals surface area contributed by atoms with Gasteiger partial charge in [0.1, 0.15) is 11.5 Å². The molecule has 0 saturated heterocycles. The number of rotatable bonds is 5. The van der Waals surface area contributed by atoms with Crippen LogP contribution in [0.5, 0.6) is 0 Å². The molecule has 1 amide bonds. The molecule has 0 radical (unpaired) electrons. The number of alkyl halides is 3. The molecule has 0 fully saturated rings. The molecule has 160 valence electrons. The molecule has 8 heteroatoms. The number of carbonyl (C=O) groups excluding carboxylic acids is 1. The van der Waals surface area contributed by atoms with E-state index < -0.39 is 11.7 Å². The highest BCUT2D eigenvalue weighted by Crippen LogP contribution is 2.31. The third-order valence-corrected chi connectivity index (χ3v) is 5.12. The van der Waals surface area contributed by atoms with Crippen LogP contribution in [0, 0.1) is 27.7 Å². The molecule has 30 heavy (non-hydrogen) atoms. The highest BCUT2D eigenvalue weighted by Gasteiger charge is 2.31. The zero-order valence-corrected chi connectivity index (χ0v) is 17.5. The minimum atomic E-state index is -4.44. The number of halogens is 3. The van der Waals surface area contributed by atoms with Crippen LogP contribution in [0.2, 0.25) is 0 Å². The van der Waals surface area contributed by atoms with Crippen LogP contribution in [0.3, 0.4) is 0 Å². The van der Waals surface area contributed by atoms with Crippen molar-refractivity contribution in [3.05, 3.63) is 69.9 Å². The Bertz CT molecular complexity index is 1080. The van der Waals surface area contributed by atoms with Crippen molar-refractivity contribution in [1.29, 1.82) is 0 Å². The topological polar surface area (TPSA) is 60.1 Å². The fraction of sp³-hybridized carbons (Fsp3) is 0.364. The summed E-state index contributed by atoms with van der Waals surface area (Å²) in [7, 11) is 0. The second-order valence-corrected chi connectivity index (χ2v) is 7.44. The number of benzene rings is 1. The van der Waals surface area contributed by atoms with E-state index in [1.165, 1.54) is 10.7 Å². The van der Waals surface area contributed by atoms with Gasteiger partial charge in [0.05, 0.1) is 29.4 Å². The van der Waals surface area contributed by atoms with Gasteiger partial charge >= 0.3 is 6.18 Å². The lowest BCUT2D eigenvalue weighted by molar-refractivity contribution is -0.137. The Kier molecular flexibility index (Phi) is 5.78. The third-order valence-electron chi connectivity index (χ3n) is 5.12. The van der Waals surface area contributed by atoms with Gasteiger partial charge < -0.3 is 9.73 Å². The van der Waals surface area contributed by atoms with Crippen LogP contribution in [-0.4, -0.2) is 15.7 Å². The zero-order valence-electron chi connectivity index (χ0n) is 17.5. The summed E-state index contributed by atoms with van der Waals surface area (Å²) in [6, 6.07) is 6.64. The summed E-state index contributed by atoms with van der Waals surface area (Å²) < 4.78 is 46.1. The van der Waals surface area contributed by atoms with Crippen molar-refractivity contribution < 1.29 is 22.4 Å². The molecule has 5 nitrogen and oxygen atoms in total. The van der Waals surface area contributed by atoms with Gasteiger partial charge in [-0.05, 0) is 58.9 Å². The Balaban J connectivity index is 1.81. The molecular weight excluding hydrogens is 395 g/mol. The second kappa shape index (κ2) is 8.01. The van der Waals surface area contributed by atoms with Crippen molar-refractivity contribution in [2.45, 2.75) is 53.3 Å². The molecule has 3 rings (SSSR count). The van der Waals surface area contributed by atoms with Crippen LogP contribution in [0.4, 0.5) is 13.2 Å². The number of carbonyl (C=O) groups is 1. The molecule has 0 saturated carbocycles. The number of nitrogens with one attached hydrogen (secondary N) is 1. The normalized spacial score (nSPS) is 12.8. The van der Waals surface area contributed by atoms with E-state index in [1.54, 1.807) is 19.9 Å². The van der Waals surface area contributed by atoms with Crippen LogP contribution in [0.25, 0.3) is 5.69 Å². The van der Waals surface area contributed by atoms with E-state index in [0.717, 1.165) is 29.2 Å². The van der Waals surface area contributed by atoms with Crippen molar-refractivity contribution in [2.75, 3.05) is 0 Å². The number of hydrogen-bond acceptors (Lipinski definition) is 3. The lowest BCUT2D eigenvalue weighted by atomic mass is 10.1. The van der Waals surface area contributed by atoms with Crippen LogP contribution < -0.4 is 5.32 Å². The number of aromatic nitrogens is 2. The van der Waals surface area contributed by atoms with Gasteiger partial charge in [-0.15, -0.1) is 0 Å². The van der Waals surface area contributed by atoms with Crippen molar-refractivity contribution in [2.24, 2.45) is 0 Å². The van der Waals surface area contributed by atoms with Gasteiger partial charge in [0.15, 0.2) is 0 Å². The Morgan fingerprint density at radius 3 is 2.50 bits per heavy atom. The lowest BCUT2D eigenvalue weighted by Crippen LogP contribution is -2.28. The summed E-state index contributed by atoms with van der Waals surface area (Å²) in [5, 5.41) is 7.31. The maximum Gasteiger partial charge on any atom is 0.416 e. The Labute approximate surface area is 172 Å². The molecule has 0 aliphatic heterocycles. The molecule has 0 aliphatic carbocycles. The largest absolute Gasteiger partial charge is 0.466 e. The fourth-order valence-electron chi connectivity index (χ4n) is 3.61. The average molecular weight is 419 g/mol. The predicted molar refractivity (Wildman–Crippen MR) is 106 cm³/mol. The number of amides is 1. The number of furan rings is 1. The number of hydrogen-bond donors (Lipinski definition) is 1. The fourth-order valence-corrected chi connectivity index (χ4v) is 3.61. The van der Waals surface area contributed by atoms with Crippen molar-refractivity contribution in [3.8, 4) is 5.69 Å². The summed E-state index contributed by atoms with van der Waals surface area (Å²) in [6.45, 7) is 9.06. The monoisotopic (exact) mass is 419 g/mol. The minimum absolute atomic E-state index is 0.0802. The molecule has 1 aromatic carbocycles. The first-order valence-corrected chi connectivity index (χ1v) is 9.56. The van der Waals surface area contributed by atoms with Gasteiger partial charge in [-0.25, -0.2) is 4.68 Å². The minimum Gasteiger partial charge on any atom is -0.466 e. The molecule has 2 heterocycles. The van der Waals surface area contributed by atoms with E-state index in [1.807, 2.05) is 26.8 Å². The van der Waals surface area contributed by atoms with E-state index >= 15 is 0 Å². The highest BCUT2D eigenvalue weighted by atomic mass is 19.4. The maximum atomic E-state index is 13.0. The Morgan fingerprint density at radius 2 is 1.90 bits per heavy atom. The van der Waals surface area contributed by atoms with Gasteiger partial charge in [0.25, 0.3) is 0 Å². The molecule has 1 N–H and O–H groups in total. The summed E-state index contributed by atoms with van der Waals surface area (Å²) in [5.41, 5.74) is 2.39. The summed E-state index contributed by atoms with van der Waals surface area (Å²) >= 11 is 0. The van der Waals surface area contributed by atoms with Gasteiger partial charge in [-0.1, -0.05) is 6.07 Å². The molecular formula is C22H24F3N3O2. The summed E-state index contributed by atoms with van der Waals surface area (Å²) in [5.74, 6) is 1.33. The molecule has 0 aliphatic rings. The van der Waals surface area contributed by atoms with Crippen LogP contribution in [-0.2, 0) is 17.4 Å². The molecule has 0 bridgehead atoms. The van der Waals surface area contributed by atoms with E-state index in [2.05, 4.69) is 10.4 Å². The number of nitrogens with zero attached hydrogens (tertiary/aromatic N) is 2. The predicted octanol–water partition coefficient (Wildman–Crippen LogP) is 5.14. The molecule has 1 unspecified atom stereocenters. The lowest BCUT2D eigenvalue weighted by Gasteiger charge is -2.13. The molecule has 1 atom stereocenters. The second-order valence-electron chi connectivity index (χ2n) is 7.44. The Hall–Kier alpha value is -3.03. The maximum absolute atomic E-state index is 13.0. The van der Waals surface area contributed by atoms with Gasteiger partial charge in [0.2, 0.25) is 5.91 Å². The van der Waals surface area contributed by atoms with E-state index in [-0.39, 0.29) is 18.4 Å². The zero-order chi connectivity index (χ0) is 22.2. The first-order valence-electron chi connectivity index (χ1n) is 9.56. The third kappa shape index (κ3) is 4.42. The van der Waals surface area contributed by atoms with Crippen molar-refractivity contribution >= 4 is 5.91 Å². The van der Waals surface area contributed by atoms with Gasteiger partial charge in [-0.3, -0.25) is 4.79 Å². The van der Waals surface area contributed by atoms with E-state index in [0.29, 0.717) is 22.6 Å². The van der Waals surface area contributed by atoms with Crippen molar-refractivity contribution in [3.63, 3.8) is 0 Å². The SMILES string of the molecule is Cc1cc(C(C)NC(=O)Cc2c(C)nn(-c3cccc(C(F)(F)F)c3)c2C)c(C)o1. The van der Waals surface area contributed by atoms with E-state index in [4.69, 9.17) is 4.42 Å².